The molecule has 1 saturated heterocycles. The van der Waals surface area contributed by atoms with Crippen molar-refractivity contribution in [3.8, 4) is 0 Å². The number of carboxylic acid groups (broad SMARTS) is 3. The lowest BCUT2D eigenvalue weighted by atomic mass is 10.4. The first-order chi connectivity index (χ1) is 17.4. The van der Waals surface area contributed by atoms with Crippen molar-refractivity contribution in [1.29, 1.82) is 0 Å². The molecular formula is C21H31N3O13. The van der Waals surface area contributed by atoms with Crippen molar-refractivity contribution in [2.45, 2.75) is 39.5 Å². The molecule has 0 aromatic heterocycles. The van der Waals surface area contributed by atoms with Crippen LogP contribution < -0.4 is 10.6 Å². The molecule has 0 aliphatic carbocycles. The van der Waals surface area contributed by atoms with E-state index in [0.717, 1.165) is 19.3 Å². The Balaban J connectivity index is -0.000000589. The molecule has 4 amide bonds. The van der Waals surface area contributed by atoms with Gasteiger partial charge in [-0.3, -0.25) is 24.0 Å². The van der Waals surface area contributed by atoms with Crippen LogP contribution in [0.25, 0.3) is 0 Å². The number of hydroxylamine groups is 2. The van der Waals surface area contributed by atoms with Gasteiger partial charge in [0.2, 0.25) is 11.8 Å². The summed E-state index contributed by atoms with van der Waals surface area (Å²) in [5, 5.41) is 36.4. The van der Waals surface area contributed by atoms with Crippen LogP contribution >= 0.6 is 0 Å². The minimum atomic E-state index is -1.27. The first-order valence-corrected chi connectivity index (χ1v) is 10.5. The van der Waals surface area contributed by atoms with Gasteiger partial charge >= 0.3 is 23.9 Å². The predicted octanol–water partition coefficient (Wildman–Crippen LogP) is -1.41. The van der Waals surface area contributed by atoms with Gasteiger partial charge in [-0.2, -0.15) is 0 Å². The molecule has 37 heavy (non-hydrogen) atoms. The van der Waals surface area contributed by atoms with E-state index in [2.05, 4.69) is 15.5 Å². The van der Waals surface area contributed by atoms with Gasteiger partial charge in [-0.25, -0.2) is 14.4 Å². The van der Waals surface area contributed by atoms with E-state index in [4.69, 9.17) is 20.4 Å². The molecule has 16 heteroatoms. The zero-order chi connectivity index (χ0) is 29.4. The zero-order valence-electron chi connectivity index (χ0n) is 20.5. The van der Waals surface area contributed by atoms with Crippen LogP contribution in [0.1, 0.15) is 39.5 Å². The summed E-state index contributed by atoms with van der Waals surface area (Å²) in [5.41, 5.74) is 0. The number of carboxylic acids is 3. The molecule has 0 atom stereocenters. The third kappa shape index (κ3) is 22.9. The van der Waals surface area contributed by atoms with Crippen molar-refractivity contribution in [2.75, 3.05) is 20.2 Å². The number of amides is 4. The largest absolute Gasteiger partial charge is 0.481 e. The Labute approximate surface area is 211 Å². The van der Waals surface area contributed by atoms with Gasteiger partial charge in [0, 0.05) is 57.3 Å². The summed E-state index contributed by atoms with van der Waals surface area (Å²) in [6, 6.07) is 0. The summed E-state index contributed by atoms with van der Waals surface area (Å²) in [6.07, 6.45) is 2.50. The number of hydrogen-bond acceptors (Lipinski definition) is 10. The highest BCUT2D eigenvalue weighted by Crippen LogP contribution is 2.12. The van der Waals surface area contributed by atoms with Gasteiger partial charge < -0.3 is 35.9 Å². The van der Waals surface area contributed by atoms with Crippen molar-refractivity contribution in [1.82, 2.24) is 15.7 Å². The third-order valence-corrected chi connectivity index (χ3v) is 3.22. The van der Waals surface area contributed by atoms with Crippen LogP contribution in [0.3, 0.4) is 0 Å². The molecule has 0 radical (unpaired) electrons. The van der Waals surface area contributed by atoms with E-state index in [9.17, 15) is 38.4 Å². The molecule has 0 unspecified atom stereocenters. The number of aliphatic hydroxyl groups is 1. The predicted molar refractivity (Wildman–Crippen MR) is 123 cm³/mol. The molecule has 0 saturated carbocycles. The standard InChI is InChI=1S/C11H12N2O7.C7H9NO5.C2H6.CH4O/c14-7(1-4-10(17)18)12-6-5-11(19)20-13-8(15)2-3-9(13)16;9-5(1-2-6(10)11)8-4-3-7(12)13;2*1-2/h1,4H,2-3,5-6H2,(H,12,14)(H,17,18);1-2H,3-4H2,(H,8,9)(H,10,11)(H,12,13);1-2H3;2H,1H3/b4-1-;2-1-;;. The second-order valence-corrected chi connectivity index (χ2v) is 5.86. The van der Waals surface area contributed by atoms with E-state index in [1.165, 1.54) is 0 Å². The Kier molecular flexibility index (Phi) is 23.1. The maximum atomic E-state index is 11.3. The minimum absolute atomic E-state index is 0.00281. The minimum Gasteiger partial charge on any atom is -0.481 e. The molecule has 0 bridgehead atoms. The van der Waals surface area contributed by atoms with Crippen LogP contribution in [0.2, 0.25) is 0 Å². The van der Waals surface area contributed by atoms with Crippen LogP contribution in [0.5, 0.6) is 0 Å². The Bertz CT molecular complexity index is 850. The highest BCUT2D eigenvalue weighted by Gasteiger charge is 2.32. The number of carbonyl (C=O) groups is 8. The van der Waals surface area contributed by atoms with Crippen molar-refractivity contribution < 1.29 is 63.6 Å². The third-order valence-electron chi connectivity index (χ3n) is 3.22. The van der Waals surface area contributed by atoms with E-state index >= 15 is 0 Å². The molecule has 1 aliphatic heterocycles. The molecule has 16 nitrogen and oxygen atoms in total. The van der Waals surface area contributed by atoms with Gasteiger partial charge in [0.25, 0.3) is 11.8 Å². The summed E-state index contributed by atoms with van der Waals surface area (Å²) in [4.78, 5) is 89.9. The lowest BCUT2D eigenvalue weighted by molar-refractivity contribution is -0.197. The molecule has 1 heterocycles. The van der Waals surface area contributed by atoms with Crippen LogP contribution in [0, 0.1) is 0 Å². The first-order valence-electron chi connectivity index (χ1n) is 10.5. The number of rotatable bonds is 11. The first kappa shape index (κ1) is 37.0. The number of aliphatic hydroxyl groups excluding tert-OH is 1. The van der Waals surface area contributed by atoms with Gasteiger partial charge in [-0.05, 0) is 0 Å². The Morgan fingerprint density at radius 1 is 0.757 bits per heavy atom. The average Bonchev–Trinajstić information content (AvgIpc) is 3.16. The summed E-state index contributed by atoms with van der Waals surface area (Å²) < 4.78 is 0. The lowest BCUT2D eigenvalue weighted by Gasteiger charge is -2.12. The number of imide groups is 1. The molecule has 1 aliphatic rings. The quantitative estimate of drug-likeness (QED) is 0.132. The molecule has 1 fully saturated rings. The Morgan fingerprint density at radius 2 is 1.14 bits per heavy atom. The van der Waals surface area contributed by atoms with E-state index < -0.39 is 47.5 Å². The van der Waals surface area contributed by atoms with Gasteiger partial charge in [-0.1, -0.05) is 13.8 Å². The number of aliphatic carboxylic acids is 3. The summed E-state index contributed by atoms with van der Waals surface area (Å²) in [5.74, 6) is -6.86. The SMILES string of the molecule is CC.CO.O=C(O)/C=C\C(=O)NCCC(=O)O.O=C(O)/C=C\C(=O)NCCC(=O)ON1C(=O)CCC1=O. The summed E-state index contributed by atoms with van der Waals surface area (Å²) in [6.45, 7) is 3.87. The molecular weight excluding hydrogens is 502 g/mol. The van der Waals surface area contributed by atoms with Crippen LogP contribution in [-0.4, -0.2) is 93.2 Å². The monoisotopic (exact) mass is 533 g/mol. The maximum Gasteiger partial charge on any atom is 0.334 e. The lowest BCUT2D eigenvalue weighted by Crippen LogP contribution is -2.33. The van der Waals surface area contributed by atoms with Crippen molar-refractivity contribution in [3.05, 3.63) is 24.3 Å². The van der Waals surface area contributed by atoms with Crippen molar-refractivity contribution >= 4 is 47.5 Å². The number of nitrogens with zero attached hydrogens (tertiary/aromatic N) is 1. The van der Waals surface area contributed by atoms with Gasteiger partial charge in [0.15, 0.2) is 0 Å². The Morgan fingerprint density at radius 3 is 1.49 bits per heavy atom. The Hall–Kier alpha value is -4.60. The van der Waals surface area contributed by atoms with Gasteiger partial charge in [-0.15, -0.1) is 5.06 Å². The summed E-state index contributed by atoms with van der Waals surface area (Å²) >= 11 is 0. The fraction of sp³-hybridized carbons (Fsp3) is 0.429. The van der Waals surface area contributed by atoms with Gasteiger partial charge in [0.1, 0.15) is 0 Å². The van der Waals surface area contributed by atoms with E-state index in [1.54, 1.807) is 0 Å². The molecule has 0 aromatic carbocycles. The van der Waals surface area contributed by atoms with Crippen LogP contribution in [0.15, 0.2) is 24.3 Å². The molecule has 6 N–H and O–H groups in total. The van der Waals surface area contributed by atoms with E-state index in [0.29, 0.717) is 17.2 Å². The van der Waals surface area contributed by atoms with Crippen molar-refractivity contribution in [2.24, 2.45) is 0 Å². The number of hydrogen-bond donors (Lipinski definition) is 6. The van der Waals surface area contributed by atoms with E-state index in [-0.39, 0.29) is 38.8 Å². The second-order valence-electron chi connectivity index (χ2n) is 5.86. The fourth-order valence-electron chi connectivity index (χ4n) is 1.80. The van der Waals surface area contributed by atoms with Gasteiger partial charge in [0.05, 0.1) is 12.8 Å². The van der Waals surface area contributed by atoms with Crippen LogP contribution in [-0.2, 0) is 43.2 Å². The normalized spacial score (nSPS) is 11.7. The maximum absolute atomic E-state index is 11.3. The summed E-state index contributed by atoms with van der Waals surface area (Å²) in [7, 11) is 1.00. The average molecular weight is 533 g/mol. The number of carbonyl (C=O) groups excluding carboxylic acids is 5. The molecule has 0 aromatic rings. The number of nitrogens with one attached hydrogen (secondary N) is 2. The molecule has 0 spiro atoms. The van der Waals surface area contributed by atoms with E-state index in [1.807, 2.05) is 13.8 Å². The van der Waals surface area contributed by atoms with Crippen LogP contribution in [0.4, 0.5) is 0 Å². The highest BCUT2D eigenvalue weighted by molar-refractivity contribution is 6.01. The second kappa shape index (κ2) is 23.2. The fourth-order valence-corrected chi connectivity index (χ4v) is 1.80. The smallest absolute Gasteiger partial charge is 0.334 e. The highest BCUT2D eigenvalue weighted by atomic mass is 16.7. The zero-order valence-corrected chi connectivity index (χ0v) is 20.5. The van der Waals surface area contributed by atoms with Crippen molar-refractivity contribution in [3.63, 3.8) is 0 Å². The molecule has 208 valence electrons. The topological polar surface area (TPSA) is 254 Å². The molecule has 1 rings (SSSR count).